The first kappa shape index (κ1) is 16.1. The summed E-state index contributed by atoms with van der Waals surface area (Å²) in [5, 5.41) is 5.40. The fraction of sp³-hybridized carbons (Fsp3) is 0.235. The molecule has 1 unspecified atom stereocenters. The molecule has 2 N–H and O–H groups in total. The predicted octanol–water partition coefficient (Wildman–Crippen LogP) is 3.56. The van der Waals surface area contributed by atoms with E-state index in [4.69, 9.17) is 0 Å². The third-order valence-electron chi connectivity index (χ3n) is 3.34. The largest absolute Gasteiger partial charge is 0.322 e. The van der Waals surface area contributed by atoms with Crippen LogP contribution in [0.3, 0.4) is 0 Å². The summed E-state index contributed by atoms with van der Waals surface area (Å²) in [7, 11) is 0. The Kier molecular flexibility index (Phi) is 5.22. The van der Waals surface area contributed by atoms with Crippen molar-refractivity contribution in [1.82, 2.24) is 5.32 Å². The van der Waals surface area contributed by atoms with Crippen molar-refractivity contribution in [3.8, 4) is 0 Å². The molecule has 0 heterocycles. The van der Waals surface area contributed by atoms with Crippen molar-refractivity contribution in [2.24, 2.45) is 0 Å². The Bertz CT molecular complexity index is 673. The molecule has 0 spiro atoms. The molecule has 2 aromatic rings. The molecule has 0 bridgehead atoms. The third kappa shape index (κ3) is 4.11. The molecule has 0 aromatic heterocycles. The monoisotopic (exact) mass is 304 g/mol. The van der Waals surface area contributed by atoms with Gasteiger partial charge in [-0.3, -0.25) is 4.79 Å². The maximum absolute atomic E-state index is 13.6. The highest BCUT2D eigenvalue weighted by Gasteiger charge is 2.12. The van der Waals surface area contributed by atoms with Gasteiger partial charge in [0.2, 0.25) is 5.91 Å². The molecule has 1 amide bonds. The fourth-order valence-corrected chi connectivity index (χ4v) is 2.10. The summed E-state index contributed by atoms with van der Waals surface area (Å²) < 4.78 is 27.3. The van der Waals surface area contributed by atoms with Crippen molar-refractivity contribution in [3.63, 3.8) is 0 Å². The summed E-state index contributed by atoms with van der Waals surface area (Å²) in [5.41, 5.74) is 1.40. The van der Waals surface area contributed by atoms with E-state index >= 15 is 0 Å². The SMILES string of the molecule is Cc1ccc(NC(=O)CNC(C)c2ccccc2F)c(F)c1. The standard InChI is InChI=1S/C17H18F2N2O/c1-11-7-8-16(15(19)9-11)21-17(22)10-20-12(2)13-5-3-4-6-14(13)18/h3-9,12,20H,10H2,1-2H3,(H,21,22). The van der Waals surface area contributed by atoms with Crippen LogP contribution in [-0.2, 0) is 4.79 Å². The van der Waals surface area contributed by atoms with Gasteiger partial charge in [-0.25, -0.2) is 8.78 Å². The summed E-state index contributed by atoms with van der Waals surface area (Å²) in [5.74, 6) is -1.19. The number of benzene rings is 2. The van der Waals surface area contributed by atoms with Crippen LogP contribution in [-0.4, -0.2) is 12.5 Å². The molecule has 116 valence electrons. The molecule has 2 aromatic carbocycles. The minimum absolute atomic E-state index is 0.0389. The number of carbonyl (C=O) groups excluding carboxylic acids is 1. The second-order valence-electron chi connectivity index (χ2n) is 5.16. The van der Waals surface area contributed by atoms with Gasteiger partial charge in [-0.1, -0.05) is 24.3 Å². The number of amides is 1. The van der Waals surface area contributed by atoms with E-state index in [0.29, 0.717) is 5.56 Å². The predicted molar refractivity (Wildman–Crippen MR) is 82.6 cm³/mol. The number of aryl methyl sites for hydroxylation is 1. The highest BCUT2D eigenvalue weighted by atomic mass is 19.1. The lowest BCUT2D eigenvalue weighted by Crippen LogP contribution is -2.30. The molecule has 0 aliphatic carbocycles. The van der Waals surface area contributed by atoms with Gasteiger partial charge in [0.05, 0.1) is 12.2 Å². The first-order valence-electron chi connectivity index (χ1n) is 7.01. The number of rotatable bonds is 5. The minimum Gasteiger partial charge on any atom is -0.322 e. The molecule has 0 aliphatic heterocycles. The average Bonchev–Trinajstić information content (AvgIpc) is 2.48. The van der Waals surface area contributed by atoms with Gasteiger partial charge in [0.1, 0.15) is 11.6 Å². The van der Waals surface area contributed by atoms with Crippen LogP contribution in [0.15, 0.2) is 42.5 Å². The average molecular weight is 304 g/mol. The second kappa shape index (κ2) is 7.13. The van der Waals surface area contributed by atoms with Crippen molar-refractivity contribution in [2.75, 3.05) is 11.9 Å². The molecular weight excluding hydrogens is 286 g/mol. The molecule has 1 atom stereocenters. The van der Waals surface area contributed by atoms with E-state index in [1.807, 2.05) is 0 Å². The van der Waals surface area contributed by atoms with Crippen LogP contribution in [0.25, 0.3) is 0 Å². The number of hydrogen-bond donors (Lipinski definition) is 2. The van der Waals surface area contributed by atoms with Crippen LogP contribution in [0.4, 0.5) is 14.5 Å². The van der Waals surface area contributed by atoms with Gasteiger partial charge in [-0.05, 0) is 37.6 Å². The second-order valence-corrected chi connectivity index (χ2v) is 5.16. The lowest BCUT2D eigenvalue weighted by atomic mass is 10.1. The molecular formula is C17H18F2N2O. The van der Waals surface area contributed by atoms with E-state index in [0.717, 1.165) is 5.56 Å². The number of carbonyl (C=O) groups is 1. The molecule has 22 heavy (non-hydrogen) atoms. The van der Waals surface area contributed by atoms with Gasteiger partial charge >= 0.3 is 0 Å². The summed E-state index contributed by atoms with van der Waals surface area (Å²) >= 11 is 0. The zero-order chi connectivity index (χ0) is 16.1. The number of hydrogen-bond acceptors (Lipinski definition) is 2. The van der Waals surface area contributed by atoms with E-state index in [1.165, 1.54) is 18.2 Å². The van der Waals surface area contributed by atoms with Crippen LogP contribution in [0.1, 0.15) is 24.1 Å². The molecule has 0 fully saturated rings. The Morgan fingerprint density at radius 1 is 1.14 bits per heavy atom. The number of nitrogens with one attached hydrogen (secondary N) is 2. The van der Waals surface area contributed by atoms with Crippen LogP contribution >= 0.6 is 0 Å². The van der Waals surface area contributed by atoms with E-state index < -0.39 is 5.82 Å². The number of halogens is 2. The Hall–Kier alpha value is -2.27. The molecule has 5 heteroatoms. The molecule has 0 radical (unpaired) electrons. The normalized spacial score (nSPS) is 12.0. The van der Waals surface area contributed by atoms with Crippen LogP contribution in [0.5, 0.6) is 0 Å². The smallest absolute Gasteiger partial charge is 0.238 e. The van der Waals surface area contributed by atoms with E-state index in [2.05, 4.69) is 10.6 Å². The third-order valence-corrected chi connectivity index (χ3v) is 3.34. The summed E-state index contributed by atoms with van der Waals surface area (Å²) in [6.45, 7) is 3.49. The minimum atomic E-state index is -0.476. The van der Waals surface area contributed by atoms with E-state index in [1.54, 1.807) is 38.1 Å². The molecule has 0 aliphatic rings. The Morgan fingerprint density at radius 2 is 1.86 bits per heavy atom. The quantitative estimate of drug-likeness (QED) is 0.887. The first-order chi connectivity index (χ1) is 10.5. The van der Waals surface area contributed by atoms with Gasteiger partial charge in [0, 0.05) is 11.6 Å². The first-order valence-corrected chi connectivity index (χ1v) is 7.01. The number of anilines is 1. The highest BCUT2D eigenvalue weighted by molar-refractivity contribution is 5.92. The van der Waals surface area contributed by atoms with Crippen molar-refractivity contribution in [2.45, 2.75) is 19.9 Å². The summed E-state index contributed by atoms with van der Waals surface area (Å²) in [4.78, 5) is 11.8. The Balaban J connectivity index is 1.91. The molecule has 3 nitrogen and oxygen atoms in total. The summed E-state index contributed by atoms with van der Waals surface area (Å²) in [6.07, 6.45) is 0. The van der Waals surface area contributed by atoms with Crippen molar-refractivity contribution >= 4 is 11.6 Å². The maximum atomic E-state index is 13.6. The van der Waals surface area contributed by atoms with Gasteiger partial charge in [0.15, 0.2) is 0 Å². The lowest BCUT2D eigenvalue weighted by molar-refractivity contribution is -0.115. The highest BCUT2D eigenvalue weighted by Crippen LogP contribution is 2.17. The van der Waals surface area contributed by atoms with Crippen molar-refractivity contribution in [1.29, 1.82) is 0 Å². The van der Waals surface area contributed by atoms with Gasteiger partial charge in [0.25, 0.3) is 0 Å². The fourth-order valence-electron chi connectivity index (χ4n) is 2.10. The van der Waals surface area contributed by atoms with Crippen LogP contribution in [0, 0.1) is 18.6 Å². The maximum Gasteiger partial charge on any atom is 0.238 e. The Labute approximate surface area is 128 Å². The Morgan fingerprint density at radius 3 is 2.55 bits per heavy atom. The van der Waals surface area contributed by atoms with Gasteiger partial charge < -0.3 is 10.6 Å². The zero-order valence-electron chi connectivity index (χ0n) is 12.5. The van der Waals surface area contributed by atoms with Crippen molar-refractivity contribution in [3.05, 3.63) is 65.2 Å². The van der Waals surface area contributed by atoms with E-state index in [9.17, 15) is 13.6 Å². The molecule has 0 saturated carbocycles. The molecule has 0 saturated heterocycles. The molecule has 2 rings (SSSR count). The van der Waals surface area contributed by atoms with Crippen LogP contribution in [0.2, 0.25) is 0 Å². The van der Waals surface area contributed by atoms with Crippen LogP contribution < -0.4 is 10.6 Å². The zero-order valence-corrected chi connectivity index (χ0v) is 12.5. The van der Waals surface area contributed by atoms with E-state index in [-0.39, 0.29) is 30.0 Å². The van der Waals surface area contributed by atoms with Gasteiger partial charge in [-0.15, -0.1) is 0 Å². The lowest BCUT2D eigenvalue weighted by Gasteiger charge is -2.15. The summed E-state index contributed by atoms with van der Waals surface area (Å²) in [6, 6.07) is 10.6. The van der Waals surface area contributed by atoms with Crippen molar-refractivity contribution < 1.29 is 13.6 Å². The topological polar surface area (TPSA) is 41.1 Å². The van der Waals surface area contributed by atoms with Gasteiger partial charge in [-0.2, -0.15) is 0 Å².